The normalized spacial score (nSPS) is 17.2. The van der Waals surface area contributed by atoms with Crippen LogP contribution in [0.15, 0.2) is 72.9 Å². The number of fused-ring (bicyclic) bond motifs is 3. The molecule has 202 valence electrons. The first-order valence-electron chi connectivity index (χ1n) is 12.8. The number of aromatic nitrogens is 1. The minimum Gasteiger partial charge on any atom is -0.489 e. The van der Waals surface area contributed by atoms with Gasteiger partial charge in [0.15, 0.2) is 0 Å². The highest BCUT2D eigenvalue weighted by molar-refractivity contribution is 5.83. The number of halogens is 1. The quantitative estimate of drug-likeness (QED) is 0.217. The third-order valence-electron chi connectivity index (χ3n) is 6.58. The summed E-state index contributed by atoms with van der Waals surface area (Å²) in [5.74, 6) is 1.66. The predicted molar refractivity (Wildman–Crippen MR) is 154 cm³/mol. The van der Waals surface area contributed by atoms with Crippen LogP contribution in [-0.4, -0.2) is 49.9 Å². The van der Waals surface area contributed by atoms with Crippen LogP contribution in [0.2, 0.25) is 0 Å². The number of para-hydroxylation sites is 4. The molecular formula is C30H38FN5O2. The van der Waals surface area contributed by atoms with Crippen LogP contribution in [0, 0.1) is 5.82 Å². The highest BCUT2D eigenvalue weighted by Crippen LogP contribution is 2.28. The average Bonchev–Trinajstić information content (AvgIpc) is 3.34. The van der Waals surface area contributed by atoms with Crippen LogP contribution in [0.1, 0.15) is 19.4 Å². The van der Waals surface area contributed by atoms with Gasteiger partial charge in [0.1, 0.15) is 30.5 Å². The summed E-state index contributed by atoms with van der Waals surface area (Å²) in [5, 5.41) is 11.3. The van der Waals surface area contributed by atoms with Crippen molar-refractivity contribution in [2.24, 2.45) is 5.73 Å². The number of aryl methyl sites for hydroxylation is 1. The van der Waals surface area contributed by atoms with E-state index in [0.717, 1.165) is 59.7 Å². The van der Waals surface area contributed by atoms with Crippen molar-refractivity contribution < 1.29 is 13.9 Å². The Morgan fingerprint density at radius 3 is 2.26 bits per heavy atom. The summed E-state index contributed by atoms with van der Waals surface area (Å²) in [4.78, 5) is 3.20. The van der Waals surface area contributed by atoms with E-state index in [-0.39, 0.29) is 25.3 Å². The Kier molecular flexibility index (Phi) is 9.46. The first kappa shape index (κ1) is 27.3. The van der Waals surface area contributed by atoms with Crippen LogP contribution >= 0.6 is 0 Å². The van der Waals surface area contributed by atoms with Crippen molar-refractivity contribution in [2.75, 3.05) is 43.5 Å². The molecule has 0 spiro atoms. The van der Waals surface area contributed by atoms with E-state index in [1.807, 2.05) is 54.7 Å². The maximum absolute atomic E-state index is 13.4. The van der Waals surface area contributed by atoms with Crippen LogP contribution in [0.25, 0.3) is 10.9 Å². The van der Waals surface area contributed by atoms with Crippen molar-refractivity contribution in [3.8, 4) is 11.5 Å². The molecular weight excluding hydrogens is 481 g/mol. The smallest absolute Gasteiger partial charge is 0.142 e. The van der Waals surface area contributed by atoms with Gasteiger partial charge in [-0.3, -0.25) is 0 Å². The topological polar surface area (TPSA) is 96.4 Å². The Bertz CT molecular complexity index is 1310. The average molecular weight is 520 g/mol. The zero-order valence-corrected chi connectivity index (χ0v) is 20.8. The fraction of sp³-hybridized carbons (Fsp3) is 0.333. The summed E-state index contributed by atoms with van der Waals surface area (Å²) in [6, 6.07) is 21.3. The van der Waals surface area contributed by atoms with Gasteiger partial charge < -0.3 is 36.1 Å². The van der Waals surface area contributed by atoms with Crippen LogP contribution in [-0.2, 0) is 6.42 Å². The number of hydrogen-bond acceptors (Lipinski definition) is 6. The summed E-state index contributed by atoms with van der Waals surface area (Å²) >= 11 is 0. The summed E-state index contributed by atoms with van der Waals surface area (Å²) in [7, 11) is 0. The van der Waals surface area contributed by atoms with Gasteiger partial charge in [-0.25, -0.2) is 4.39 Å². The highest BCUT2D eigenvalue weighted by atomic mass is 19.1. The Morgan fingerprint density at radius 1 is 0.895 bits per heavy atom. The van der Waals surface area contributed by atoms with Gasteiger partial charge in [-0.15, -0.1) is 0 Å². The minimum absolute atomic E-state index is 0. The molecule has 0 amide bonds. The van der Waals surface area contributed by atoms with E-state index in [1.165, 1.54) is 11.6 Å². The number of nitrogens with two attached hydrogens (primary N) is 1. The third kappa shape index (κ3) is 6.76. The molecule has 3 aromatic carbocycles. The number of ether oxygens (including phenoxy) is 2. The molecule has 0 saturated heterocycles. The lowest BCUT2D eigenvalue weighted by Crippen LogP contribution is -2.40. The number of rotatable bonds is 7. The Balaban J connectivity index is 0.000000218. The lowest BCUT2D eigenvalue weighted by molar-refractivity contribution is 0.280. The summed E-state index contributed by atoms with van der Waals surface area (Å²) in [5.41, 5.74) is 9.78. The van der Waals surface area contributed by atoms with Gasteiger partial charge in [0.05, 0.1) is 23.5 Å². The van der Waals surface area contributed by atoms with Crippen LogP contribution < -0.4 is 31.2 Å². The molecule has 0 radical (unpaired) electrons. The van der Waals surface area contributed by atoms with Gasteiger partial charge in [-0.05, 0) is 67.4 Å². The summed E-state index contributed by atoms with van der Waals surface area (Å²) in [6.45, 7) is 3.71. The number of H-pyrrole nitrogens is 1. The number of benzene rings is 3. The van der Waals surface area contributed by atoms with E-state index >= 15 is 0 Å². The van der Waals surface area contributed by atoms with Crippen LogP contribution in [0.5, 0.6) is 11.5 Å². The molecule has 1 aromatic heterocycles. The molecule has 2 unspecified atom stereocenters. The third-order valence-corrected chi connectivity index (χ3v) is 6.58. The zero-order valence-electron chi connectivity index (χ0n) is 20.8. The van der Waals surface area contributed by atoms with E-state index in [9.17, 15) is 4.39 Å². The molecule has 0 saturated carbocycles. The largest absolute Gasteiger partial charge is 0.489 e. The first-order valence-corrected chi connectivity index (χ1v) is 12.8. The number of aromatic amines is 1. The molecule has 38 heavy (non-hydrogen) atoms. The van der Waals surface area contributed by atoms with Crippen LogP contribution in [0.4, 0.5) is 15.8 Å². The van der Waals surface area contributed by atoms with Crippen LogP contribution in [0.3, 0.4) is 0 Å². The molecule has 3 heterocycles. The lowest BCUT2D eigenvalue weighted by atomic mass is 10.1. The van der Waals surface area contributed by atoms with Gasteiger partial charge in [0.25, 0.3) is 0 Å². The number of nitrogens with one attached hydrogen (secondary N) is 4. The van der Waals surface area contributed by atoms with Crippen molar-refractivity contribution in [1.29, 1.82) is 0 Å². The predicted octanol–water partition coefficient (Wildman–Crippen LogP) is 5.16. The first-order chi connectivity index (χ1) is 18.2. The second kappa shape index (κ2) is 13.2. The van der Waals surface area contributed by atoms with E-state index in [4.69, 9.17) is 15.2 Å². The SMILES string of the molecule is C.Fc1ccc2[nH]cc(CCCNCC3COc4ccccc4N3)c2c1.NCC1COc2ccccc2N1. The van der Waals surface area contributed by atoms with E-state index in [0.29, 0.717) is 19.8 Å². The number of hydrogen-bond donors (Lipinski definition) is 5. The maximum atomic E-state index is 13.4. The van der Waals surface area contributed by atoms with Gasteiger partial charge in [-0.2, -0.15) is 0 Å². The number of anilines is 2. The molecule has 4 aromatic rings. The van der Waals surface area contributed by atoms with E-state index < -0.39 is 0 Å². The molecule has 0 aliphatic carbocycles. The lowest BCUT2D eigenvalue weighted by Gasteiger charge is -2.27. The molecule has 6 N–H and O–H groups in total. The molecule has 0 bridgehead atoms. The second-order valence-electron chi connectivity index (χ2n) is 9.34. The van der Waals surface area contributed by atoms with Crippen molar-refractivity contribution in [1.82, 2.24) is 10.3 Å². The van der Waals surface area contributed by atoms with Crippen molar-refractivity contribution in [2.45, 2.75) is 32.4 Å². The minimum atomic E-state index is -0.185. The van der Waals surface area contributed by atoms with Gasteiger partial charge in [0.2, 0.25) is 0 Å². The maximum Gasteiger partial charge on any atom is 0.142 e. The standard InChI is InChI=1S/C20H22FN3O.C9H12N2O.CH4/c21-15-7-8-18-17(10-15)14(11-23-18)4-3-9-22-12-16-13-25-20-6-2-1-5-19(20)24-16;10-5-7-6-12-9-4-2-1-3-8(9)11-7;/h1-2,5-8,10-11,16,22-24H,3-4,9,12-13H2;1-4,7,11H,5-6,10H2;1H4. The fourth-order valence-electron chi connectivity index (χ4n) is 4.60. The molecule has 8 heteroatoms. The Morgan fingerprint density at radius 2 is 1.55 bits per heavy atom. The molecule has 7 nitrogen and oxygen atoms in total. The fourth-order valence-corrected chi connectivity index (χ4v) is 4.60. The van der Waals surface area contributed by atoms with Crippen molar-refractivity contribution >= 4 is 22.3 Å². The molecule has 6 rings (SSSR count). The molecule has 0 fully saturated rings. The van der Waals surface area contributed by atoms with Gasteiger partial charge in [0, 0.05) is 30.2 Å². The molecule has 2 aliphatic heterocycles. The van der Waals surface area contributed by atoms with Gasteiger partial charge in [-0.1, -0.05) is 31.7 Å². The molecule has 2 atom stereocenters. The summed E-state index contributed by atoms with van der Waals surface area (Å²) in [6.07, 6.45) is 3.92. The van der Waals surface area contributed by atoms with E-state index in [2.05, 4.69) is 20.9 Å². The Labute approximate surface area is 223 Å². The highest BCUT2D eigenvalue weighted by Gasteiger charge is 2.18. The van der Waals surface area contributed by atoms with E-state index in [1.54, 1.807) is 12.1 Å². The summed E-state index contributed by atoms with van der Waals surface area (Å²) < 4.78 is 24.7. The monoisotopic (exact) mass is 519 g/mol. The van der Waals surface area contributed by atoms with Crippen molar-refractivity contribution in [3.05, 3.63) is 84.3 Å². The second-order valence-corrected chi connectivity index (χ2v) is 9.34. The van der Waals surface area contributed by atoms with Gasteiger partial charge >= 0.3 is 0 Å². The zero-order chi connectivity index (χ0) is 25.5. The molecule has 2 aliphatic rings. The van der Waals surface area contributed by atoms with Crippen molar-refractivity contribution in [3.63, 3.8) is 0 Å². The Hall–Kier alpha value is -3.75.